The maximum absolute atomic E-state index is 12.9. The Morgan fingerprint density at radius 3 is 2.53 bits per heavy atom. The molecule has 8 heteroatoms. The summed E-state index contributed by atoms with van der Waals surface area (Å²) in [5.41, 5.74) is 2.00. The lowest BCUT2D eigenvalue weighted by atomic mass is 10.0. The van der Waals surface area contributed by atoms with E-state index in [9.17, 15) is 14.4 Å². The number of halogens is 1. The minimum atomic E-state index is -1.17. The molecule has 3 amide bonds. The average Bonchev–Trinajstić information content (AvgIpc) is 2.73. The van der Waals surface area contributed by atoms with Crippen LogP contribution in [-0.4, -0.2) is 35.5 Å². The van der Waals surface area contributed by atoms with Gasteiger partial charge in [0, 0.05) is 22.5 Å². The third-order valence-corrected chi connectivity index (χ3v) is 4.64. The van der Waals surface area contributed by atoms with Crippen LogP contribution >= 0.6 is 11.6 Å². The number of ether oxygens (including phenoxy) is 1. The molecule has 1 atom stereocenters. The van der Waals surface area contributed by atoms with Gasteiger partial charge in [-0.25, -0.2) is 14.6 Å². The van der Waals surface area contributed by atoms with Crippen LogP contribution in [0.1, 0.15) is 24.2 Å². The number of pyridine rings is 1. The number of para-hydroxylation sites is 1. The zero-order valence-electron chi connectivity index (χ0n) is 16.4. The molecule has 0 spiro atoms. The van der Waals surface area contributed by atoms with Crippen molar-refractivity contribution in [3.05, 3.63) is 65.2 Å². The van der Waals surface area contributed by atoms with E-state index in [2.05, 4.69) is 15.6 Å². The number of imide groups is 1. The highest BCUT2D eigenvalue weighted by molar-refractivity contribution is 6.33. The molecule has 2 N–H and O–H groups in total. The van der Waals surface area contributed by atoms with E-state index in [1.165, 1.54) is 6.92 Å². The lowest BCUT2D eigenvalue weighted by Gasteiger charge is -2.15. The molecule has 154 valence electrons. The first-order chi connectivity index (χ1) is 14.4. The summed E-state index contributed by atoms with van der Waals surface area (Å²) in [6.07, 6.45) is -1.17. The minimum Gasteiger partial charge on any atom is -0.449 e. The fraction of sp³-hybridized carbons (Fsp3) is 0.182. The number of nitrogens with zero attached hydrogens (tertiary/aromatic N) is 1. The Morgan fingerprint density at radius 1 is 1.10 bits per heavy atom. The van der Waals surface area contributed by atoms with Gasteiger partial charge in [0.25, 0.3) is 5.91 Å². The van der Waals surface area contributed by atoms with E-state index < -0.39 is 24.0 Å². The van der Waals surface area contributed by atoms with Crippen LogP contribution < -0.4 is 10.6 Å². The van der Waals surface area contributed by atoms with E-state index >= 15 is 0 Å². The number of urea groups is 1. The Balaban J connectivity index is 1.92. The molecular weight excluding hydrogens is 406 g/mol. The number of hydrogen-bond acceptors (Lipinski definition) is 5. The van der Waals surface area contributed by atoms with Crippen LogP contribution in [-0.2, 0) is 9.53 Å². The van der Waals surface area contributed by atoms with Crippen LogP contribution in [0, 0.1) is 0 Å². The molecule has 0 aliphatic carbocycles. The van der Waals surface area contributed by atoms with Crippen molar-refractivity contribution in [3.63, 3.8) is 0 Å². The van der Waals surface area contributed by atoms with Crippen LogP contribution in [0.3, 0.4) is 0 Å². The van der Waals surface area contributed by atoms with Crippen molar-refractivity contribution in [3.8, 4) is 11.3 Å². The molecule has 0 radical (unpaired) electrons. The van der Waals surface area contributed by atoms with Crippen LogP contribution in [0.5, 0.6) is 0 Å². The second-order valence-electron chi connectivity index (χ2n) is 6.45. The highest BCUT2D eigenvalue weighted by Crippen LogP contribution is 2.30. The van der Waals surface area contributed by atoms with Crippen molar-refractivity contribution in [2.45, 2.75) is 20.0 Å². The van der Waals surface area contributed by atoms with Gasteiger partial charge in [0.1, 0.15) is 0 Å². The average molecular weight is 426 g/mol. The van der Waals surface area contributed by atoms with Gasteiger partial charge >= 0.3 is 12.0 Å². The Labute approximate surface area is 178 Å². The number of esters is 1. The maximum atomic E-state index is 12.9. The second kappa shape index (κ2) is 9.37. The van der Waals surface area contributed by atoms with Crippen LogP contribution in [0.2, 0.25) is 5.02 Å². The molecule has 3 rings (SSSR count). The van der Waals surface area contributed by atoms with Crippen molar-refractivity contribution in [2.75, 3.05) is 6.54 Å². The zero-order valence-corrected chi connectivity index (χ0v) is 17.2. The van der Waals surface area contributed by atoms with Gasteiger partial charge in [0.15, 0.2) is 6.10 Å². The van der Waals surface area contributed by atoms with Gasteiger partial charge in [0.05, 0.1) is 16.8 Å². The van der Waals surface area contributed by atoms with Crippen molar-refractivity contribution in [1.29, 1.82) is 0 Å². The first-order valence-electron chi connectivity index (χ1n) is 9.35. The monoisotopic (exact) mass is 425 g/mol. The molecule has 0 aliphatic rings. The molecule has 2 aromatic carbocycles. The van der Waals surface area contributed by atoms with Gasteiger partial charge in [0.2, 0.25) is 0 Å². The number of fused-ring (bicyclic) bond motifs is 1. The van der Waals surface area contributed by atoms with Gasteiger partial charge in [-0.2, -0.15) is 0 Å². The summed E-state index contributed by atoms with van der Waals surface area (Å²) in [7, 11) is 0. The molecule has 1 unspecified atom stereocenters. The largest absolute Gasteiger partial charge is 0.449 e. The quantitative estimate of drug-likeness (QED) is 0.603. The smallest absolute Gasteiger partial charge is 0.339 e. The Kier molecular flexibility index (Phi) is 6.64. The highest BCUT2D eigenvalue weighted by atomic mass is 35.5. The molecule has 0 bridgehead atoms. The number of amides is 3. The number of aromatic nitrogens is 1. The van der Waals surface area contributed by atoms with Crippen molar-refractivity contribution >= 4 is 40.4 Å². The number of carbonyl (C=O) groups is 3. The van der Waals surface area contributed by atoms with E-state index in [4.69, 9.17) is 16.3 Å². The molecule has 0 fully saturated rings. The normalized spacial score (nSPS) is 11.6. The summed E-state index contributed by atoms with van der Waals surface area (Å²) in [5, 5.41) is 5.64. The number of carbonyl (C=O) groups excluding carboxylic acids is 3. The van der Waals surface area contributed by atoms with Crippen LogP contribution in [0.25, 0.3) is 22.2 Å². The van der Waals surface area contributed by atoms with Gasteiger partial charge in [-0.1, -0.05) is 48.0 Å². The maximum Gasteiger partial charge on any atom is 0.339 e. The van der Waals surface area contributed by atoms with Gasteiger partial charge in [-0.3, -0.25) is 10.1 Å². The second-order valence-corrected chi connectivity index (χ2v) is 6.86. The van der Waals surface area contributed by atoms with Crippen LogP contribution in [0.4, 0.5) is 4.79 Å². The van der Waals surface area contributed by atoms with E-state index in [1.54, 1.807) is 49.4 Å². The first kappa shape index (κ1) is 21.3. The third kappa shape index (κ3) is 4.75. The SMILES string of the molecule is CCNC(=O)NC(=O)C(C)OC(=O)c1cc(-c2ccccc2Cl)nc2ccccc12. The Morgan fingerprint density at radius 2 is 1.80 bits per heavy atom. The zero-order chi connectivity index (χ0) is 21.7. The summed E-state index contributed by atoms with van der Waals surface area (Å²) < 4.78 is 5.31. The number of nitrogens with one attached hydrogen (secondary N) is 2. The van der Waals surface area contributed by atoms with E-state index in [-0.39, 0.29) is 5.56 Å². The Hall–Kier alpha value is -3.45. The molecule has 7 nitrogen and oxygen atoms in total. The topological polar surface area (TPSA) is 97.4 Å². The Bertz CT molecular complexity index is 1120. The van der Waals surface area contributed by atoms with Gasteiger partial charge < -0.3 is 10.1 Å². The third-order valence-electron chi connectivity index (χ3n) is 4.31. The molecule has 1 heterocycles. The standard InChI is InChI=1S/C22H20ClN3O4/c1-3-24-22(29)26-20(27)13(2)30-21(28)16-12-19(15-9-4-6-10-17(15)23)25-18-11-7-5-8-14(16)18/h4-13H,3H2,1-2H3,(H2,24,26,27,29). The predicted octanol–water partition coefficient (Wildman–Crippen LogP) is 3.95. The van der Waals surface area contributed by atoms with E-state index in [1.807, 2.05) is 12.1 Å². The summed E-state index contributed by atoms with van der Waals surface area (Å²) >= 11 is 6.29. The van der Waals surface area contributed by atoms with Gasteiger partial charge in [-0.15, -0.1) is 0 Å². The van der Waals surface area contributed by atoms with Gasteiger partial charge in [-0.05, 0) is 32.0 Å². The summed E-state index contributed by atoms with van der Waals surface area (Å²) in [4.78, 5) is 41.1. The molecule has 3 aromatic rings. The fourth-order valence-electron chi connectivity index (χ4n) is 2.85. The number of hydrogen-bond donors (Lipinski definition) is 2. The number of benzene rings is 2. The van der Waals surface area contributed by atoms with Crippen molar-refractivity contribution in [2.24, 2.45) is 0 Å². The summed E-state index contributed by atoms with van der Waals surface area (Å²) in [5.74, 6) is -1.43. The predicted molar refractivity (Wildman–Crippen MR) is 114 cm³/mol. The molecule has 30 heavy (non-hydrogen) atoms. The van der Waals surface area contributed by atoms with Crippen molar-refractivity contribution < 1.29 is 19.1 Å². The van der Waals surface area contributed by atoms with Crippen molar-refractivity contribution in [1.82, 2.24) is 15.6 Å². The lowest BCUT2D eigenvalue weighted by Crippen LogP contribution is -2.44. The summed E-state index contributed by atoms with van der Waals surface area (Å²) in [6, 6.07) is 15.2. The molecule has 0 saturated carbocycles. The highest BCUT2D eigenvalue weighted by Gasteiger charge is 2.23. The summed E-state index contributed by atoms with van der Waals surface area (Å²) in [6.45, 7) is 3.48. The molecule has 1 aromatic heterocycles. The lowest BCUT2D eigenvalue weighted by molar-refractivity contribution is -0.127. The van der Waals surface area contributed by atoms with E-state index in [0.29, 0.717) is 33.7 Å². The molecular formula is C22H20ClN3O4. The first-order valence-corrected chi connectivity index (χ1v) is 9.73. The fourth-order valence-corrected chi connectivity index (χ4v) is 3.08. The molecule has 0 saturated heterocycles. The number of rotatable bonds is 5. The minimum absolute atomic E-state index is 0.244. The van der Waals surface area contributed by atoms with Crippen LogP contribution in [0.15, 0.2) is 54.6 Å². The van der Waals surface area contributed by atoms with E-state index in [0.717, 1.165) is 0 Å². The molecule has 0 aliphatic heterocycles.